The Labute approximate surface area is 341 Å². The fourth-order valence-corrected chi connectivity index (χ4v) is 8.67. The maximum atomic E-state index is 14.0. The van der Waals surface area contributed by atoms with Crippen LogP contribution in [0.1, 0.15) is 61.3 Å². The van der Waals surface area contributed by atoms with Crippen LogP contribution in [0.15, 0.2) is 85.7 Å². The molecule has 0 aliphatic carbocycles. The first-order chi connectivity index (χ1) is 29.0. The number of aromatic amines is 2. The minimum absolute atomic E-state index is 0.0452. The van der Waals surface area contributed by atoms with Crippen molar-refractivity contribution in [1.82, 2.24) is 48.5 Å². The Hall–Kier alpha value is -6.58. The van der Waals surface area contributed by atoms with Crippen LogP contribution in [0.3, 0.4) is 0 Å². The fourth-order valence-electron chi connectivity index (χ4n) is 8.67. The van der Waals surface area contributed by atoms with Gasteiger partial charge >= 0.3 is 0 Å². The molecule has 16 heteroatoms. The van der Waals surface area contributed by atoms with Gasteiger partial charge in [-0.3, -0.25) is 18.4 Å². The molecule has 0 unspecified atom stereocenters. The average Bonchev–Trinajstić information content (AvgIpc) is 4.06. The number of hydrogen-bond donors (Lipinski definition) is 2. The zero-order valence-electron chi connectivity index (χ0n) is 33.0. The summed E-state index contributed by atoms with van der Waals surface area (Å²) >= 11 is 0. The van der Waals surface area contributed by atoms with Gasteiger partial charge in [0.1, 0.15) is 34.9 Å². The molecule has 2 N–H and O–H groups in total. The molecule has 308 valence electrons. The molecule has 8 aromatic rings. The van der Waals surface area contributed by atoms with E-state index < -0.39 is 23.3 Å². The molecule has 0 bridgehead atoms. The summed E-state index contributed by atoms with van der Waals surface area (Å²) in [7, 11) is 0. The summed E-state index contributed by atoms with van der Waals surface area (Å²) in [6.07, 6.45) is 12.4. The molecule has 12 nitrogen and oxygen atoms in total. The molecule has 2 aromatic carbocycles. The molecule has 2 amide bonds. The number of halogens is 4. The summed E-state index contributed by atoms with van der Waals surface area (Å²) in [6.45, 7) is 6.59. The number of carbonyl (C=O) groups is 2. The van der Waals surface area contributed by atoms with E-state index in [2.05, 4.69) is 52.6 Å². The average molecular weight is 819 g/mol. The second kappa shape index (κ2) is 15.9. The Bertz CT molecular complexity index is 2690. The van der Waals surface area contributed by atoms with Crippen molar-refractivity contribution >= 4 is 45.2 Å². The molecule has 8 heterocycles. The summed E-state index contributed by atoms with van der Waals surface area (Å²) < 4.78 is 58.5. The highest BCUT2D eigenvalue weighted by Crippen LogP contribution is 2.35. The molecule has 2 fully saturated rings. The number of piperidine rings is 2. The molecule has 6 aromatic heterocycles. The zero-order valence-corrected chi connectivity index (χ0v) is 33.0. The first kappa shape index (κ1) is 38.9. The molecule has 2 aliphatic heterocycles. The van der Waals surface area contributed by atoms with Gasteiger partial charge in [-0.2, -0.15) is 0 Å². The third-order valence-corrected chi connectivity index (χ3v) is 12.2. The van der Waals surface area contributed by atoms with E-state index in [9.17, 15) is 27.2 Å². The van der Waals surface area contributed by atoms with E-state index in [1.807, 2.05) is 24.5 Å². The molecule has 2 saturated heterocycles. The van der Waals surface area contributed by atoms with Crippen LogP contribution in [-0.2, 0) is 22.4 Å². The highest BCUT2D eigenvalue weighted by atomic mass is 19.1. The van der Waals surface area contributed by atoms with Gasteiger partial charge in [0.05, 0.1) is 59.7 Å². The molecule has 0 saturated carbocycles. The maximum Gasteiger partial charge on any atom is 0.227 e. The zero-order chi connectivity index (χ0) is 41.7. The van der Waals surface area contributed by atoms with E-state index in [1.54, 1.807) is 34.6 Å². The van der Waals surface area contributed by atoms with Crippen molar-refractivity contribution in [2.24, 2.45) is 11.8 Å². The number of imidazole rings is 2. The van der Waals surface area contributed by atoms with Crippen molar-refractivity contribution < 1.29 is 27.2 Å². The van der Waals surface area contributed by atoms with Gasteiger partial charge in [-0.25, -0.2) is 37.5 Å². The largest absolute Gasteiger partial charge is 0.345 e. The SMILES string of the molecule is C[C@@H]1CCN(C(=O)Cc2ccc(F)cc2F)C[C@@H]1c1ncc2cnc3[nH]ccc3n12.C[C@H]1CCN(C(=O)Cc2ccc(F)cc2F)C[C@H]1c1ncc2cnc3[nH]ccc3n12. The van der Waals surface area contributed by atoms with Crippen molar-refractivity contribution in [2.75, 3.05) is 26.2 Å². The second-order valence-electron chi connectivity index (χ2n) is 15.9. The van der Waals surface area contributed by atoms with Crippen molar-refractivity contribution in [1.29, 1.82) is 0 Å². The topological polar surface area (TPSA) is 133 Å². The summed E-state index contributed by atoms with van der Waals surface area (Å²) in [4.78, 5) is 53.7. The van der Waals surface area contributed by atoms with Gasteiger partial charge in [-0.05, 0) is 60.1 Å². The molecule has 0 radical (unpaired) electrons. The van der Waals surface area contributed by atoms with Crippen LogP contribution < -0.4 is 0 Å². The minimum Gasteiger partial charge on any atom is -0.345 e. The number of fused-ring (bicyclic) bond motifs is 6. The molecular formula is C44H42F4N10O2. The van der Waals surface area contributed by atoms with E-state index in [1.165, 1.54) is 24.3 Å². The van der Waals surface area contributed by atoms with Crippen LogP contribution in [0.5, 0.6) is 0 Å². The van der Waals surface area contributed by atoms with E-state index >= 15 is 0 Å². The van der Waals surface area contributed by atoms with Crippen LogP contribution in [0.4, 0.5) is 17.6 Å². The highest BCUT2D eigenvalue weighted by Gasteiger charge is 2.35. The summed E-state index contributed by atoms with van der Waals surface area (Å²) in [5.74, 6) is -0.428. The summed E-state index contributed by atoms with van der Waals surface area (Å²) in [6, 6.07) is 10.6. The van der Waals surface area contributed by atoms with Crippen LogP contribution in [0, 0.1) is 35.1 Å². The molecular weight excluding hydrogens is 777 g/mol. The third kappa shape index (κ3) is 7.34. The number of H-pyrrole nitrogens is 2. The van der Waals surface area contributed by atoms with Crippen LogP contribution in [-0.4, -0.2) is 86.5 Å². The number of likely N-dealkylation sites (tertiary alicyclic amines) is 2. The predicted molar refractivity (Wildman–Crippen MR) is 216 cm³/mol. The minimum atomic E-state index is -0.688. The Morgan fingerprint density at radius 3 is 1.45 bits per heavy atom. The molecule has 0 spiro atoms. The lowest BCUT2D eigenvalue weighted by Gasteiger charge is -2.36. The summed E-state index contributed by atoms with van der Waals surface area (Å²) in [5.41, 5.74) is 5.69. The lowest BCUT2D eigenvalue weighted by Crippen LogP contribution is -2.43. The van der Waals surface area contributed by atoms with Crippen LogP contribution in [0.25, 0.3) is 33.4 Å². The van der Waals surface area contributed by atoms with Gasteiger partial charge in [-0.1, -0.05) is 26.0 Å². The Balaban J connectivity index is 0.000000154. The van der Waals surface area contributed by atoms with Gasteiger partial charge in [0.25, 0.3) is 0 Å². The third-order valence-electron chi connectivity index (χ3n) is 12.2. The normalized spacial score (nSPS) is 19.6. The van der Waals surface area contributed by atoms with Crippen LogP contribution in [0.2, 0.25) is 0 Å². The number of nitrogens with one attached hydrogen (secondary N) is 2. The molecule has 2 aliphatic rings. The van der Waals surface area contributed by atoms with E-state index in [-0.39, 0.29) is 47.6 Å². The second-order valence-corrected chi connectivity index (χ2v) is 15.9. The van der Waals surface area contributed by atoms with Crippen molar-refractivity contribution in [3.05, 3.63) is 132 Å². The van der Waals surface area contributed by atoms with Crippen molar-refractivity contribution in [3.8, 4) is 0 Å². The van der Waals surface area contributed by atoms with E-state index in [0.717, 1.165) is 70.0 Å². The lowest BCUT2D eigenvalue weighted by molar-refractivity contribution is -0.133. The Morgan fingerprint density at radius 1 is 0.617 bits per heavy atom. The van der Waals surface area contributed by atoms with Gasteiger partial charge in [0, 0.05) is 62.5 Å². The first-order valence-electron chi connectivity index (χ1n) is 20.0. The molecule has 10 rings (SSSR count). The molecule has 4 atom stereocenters. The Kier molecular flexibility index (Phi) is 10.3. The standard InChI is InChI=1S/2C22H21F2N5O/c2*1-13-5-7-28(20(30)8-14-2-3-15(23)9-18(14)24)12-17(13)22-27-11-16-10-26-21-19(29(16)22)4-6-25-21/h2*2-4,6,9-11,13,17,25H,5,7-8,12H2,1H3/t2*13-,17+/m10/s1. The van der Waals surface area contributed by atoms with Gasteiger partial charge < -0.3 is 19.8 Å². The predicted octanol–water partition coefficient (Wildman–Crippen LogP) is 7.37. The number of nitrogens with zero attached hydrogens (tertiary/aromatic N) is 8. The number of rotatable bonds is 6. The number of benzene rings is 2. The number of amides is 2. The fraction of sp³-hybridized carbons (Fsp3) is 0.318. The number of carbonyl (C=O) groups excluding carboxylic acids is 2. The lowest BCUT2D eigenvalue weighted by atomic mass is 9.86. The van der Waals surface area contributed by atoms with E-state index in [0.29, 0.717) is 38.0 Å². The quantitative estimate of drug-likeness (QED) is 0.169. The van der Waals surface area contributed by atoms with Gasteiger partial charge in [0.2, 0.25) is 11.8 Å². The van der Waals surface area contributed by atoms with E-state index in [4.69, 9.17) is 0 Å². The Morgan fingerprint density at radius 2 is 1.03 bits per heavy atom. The summed E-state index contributed by atoms with van der Waals surface area (Å²) in [5, 5.41) is 0. The monoisotopic (exact) mass is 818 g/mol. The first-order valence-corrected chi connectivity index (χ1v) is 20.0. The van der Waals surface area contributed by atoms with Crippen molar-refractivity contribution in [2.45, 2.75) is 51.4 Å². The van der Waals surface area contributed by atoms with Crippen molar-refractivity contribution in [3.63, 3.8) is 0 Å². The highest BCUT2D eigenvalue weighted by molar-refractivity contribution is 5.80. The van der Waals surface area contributed by atoms with Gasteiger partial charge in [0.15, 0.2) is 11.3 Å². The number of aromatic nitrogens is 8. The van der Waals surface area contributed by atoms with Gasteiger partial charge in [-0.15, -0.1) is 0 Å². The smallest absolute Gasteiger partial charge is 0.227 e. The van der Waals surface area contributed by atoms with Crippen LogP contribution >= 0.6 is 0 Å². The number of hydrogen-bond acceptors (Lipinski definition) is 6. The maximum absolute atomic E-state index is 14.0. The molecule has 60 heavy (non-hydrogen) atoms.